The van der Waals surface area contributed by atoms with E-state index in [9.17, 15) is 9.13 Å². The van der Waals surface area contributed by atoms with Gasteiger partial charge in [0.2, 0.25) is 0 Å². The molecule has 0 radical (unpaired) electrons. The molecule has 1 atom stereocenters. The van der Waals surface area contributed by atoms with Crippen molar-refractivity contribution in [3.63, 3.8) is 0 Å². The zero-order valence-corrected chi connectivity index (χ0v) is 22.6. The molecule has 1 unspecified atom stereocenters. The largest absolute Gasteiger partial charge is 0.373 e. The Hall–Kier alpha value is 0.180. The molecule has 0 aliphatic rings. The molecule has 0 bridgehead atoms. The van der Waals surface area contributed by atoms with E-state index in [0.717, 1.165) is 12.8 Å². The third kappa shape index (κ3) is 13.5. The van der Waals surface area contributed by atoms with E-state index in [0.29, 0.717) is 39.6 Å². The minimum Gasteiger partial charge on any atom is -0.373 e. The zero-order valence-electron chi connectivity index (χ0n) is 20.8. The maximum atomic E-state index is 12.7. The molecule has 0 heterocycles. The first-order valence-electron chi connectivity index (χ1n) is 11.3. The fourth-order valence-corrected chi connectivity index (χ4v) is 5.82. The first-order chi connectivity index (χ1) is 14.4. The summed E-state index contributed by atoms with van der Waals surface area (Å²) in [4.78, 5) is 0. The van der Waals surface area contributed by atoms with Gasteiger partial charge in [-0.25, -0.2) is 0 Å². The van der Waals surface area contributed by atoms with E-state index in [1.165, 1.54) is 0 Å². The standard InChI is InChI=1S/C20H46N2O7P2/c1-9-20(8,14-15-21-17-30(23,26-10-2)27-11-3)25-16-19(6,7)22-18-31(24,28-12-4)29-13-5/h21-22H,9-18H2,1-8H3. The number of hydrogen-bond acceptors (Lipinski definition) is 9. The molecular formula is C20H46N2O7P2. The summed E-state index contributed by atoms with van der Waals surface area (Å²) < 4.78 is 52.7. The van der Waals surface area contributed by atoms with Crippen LogP contribution in [0.3, 0.4) is 0 Å². The van der Waals surface area contributed by atoms with Crippen molar-refractivity contribution >= 4 is 15.2 Å². The summed E-state index contributed by atoms with van der Waals surface area (Å²) in [5.74, 6) is 0. The Morgan fingerprint density at radius 2 is 1.19 bits per heavy atom. The molecule has 0 fully saturated rings. The molecule has 188 valence electrons. The lowest BCUT2D eigenvalue weighted by atomic mass is 9.98. The highest BCUT2D eigenvalue weighted by molar-refractivity contribution is 7.54. The van der Waals surface area contributed by atoms with Gasteiger partial charge in [0.25, 0.3) is 0 Å². The molecule has 0 rings (SSSR count). The van der Waals surface area contributed by atoms with Crippen LogP contribution in [0.5, 0.6) is 0 Å². The number of hydrogen-bond donors (Lipinski definition) is 2. The maximum absolute atomic E-state index is 12.7. The van der Waals surface area contributed by atoms with Gasteiger partial charge in [-0.2, -0.15) is 0 Å². The molecule has 0 aromatic heterocycles. The third-order valence-electron chi connectivity index (χ3n) is 4.72. The molecule has 0 saturated heterocycles. The third-order valence-corrected chi connectivity index (χ3v) is 8.48. The fourth-order valence-electron chi connectivity index (χ4n) is 2.68. The van der Waals surface area contributed by atoms with E-state index in [1.54, 1.807) is 27.7 Å². The summed E-state index contributed by atoms with van der Waals surface area (Å²) in [5.41, 5.74) is -0.788. The van der Waals surface area contributed by atoms with E-state index in [2.05, 4.69) is 24.5 Å². The average Bonchev–Trinajstić information content (AvgIpc) is 2.69. The molecule has 11 heteroatoms. The van der Waals surface area contributed by atoms with Crippen LogP contribution >= 0.6 is 15.2 Å². The van der Waals surface area contributed by atoms with E-state index >= 15 is 0 Å². The van der Waals surface area contributed by atoms with Crippen molar-refractivity contribution in [2.75, 3.05) is 52.2 Å². The Balaban J connectivity index is 4.64. The van der Waals surface area contributed by atoms with E-state index in [1.807, 2.05) is 13.8 Å². The minimum atomic E-state index is -3.16. The summed E-state index contributed by atoms with van der Waals surface area (Å²) in [7, 11) is -6.26. The molecule has 0 spiro atoms. The highest BCUT2D eigenvalue weighted by Gasteiger charge is 2.31. The average molecular weight is 489 g/mol. The second kappa shape index (κ2) is 15.2. The van der Waals surface area contributed by atoms with Gasteiger partial charge in [-0.3, -0.25) is 14.4 Å². The van der Waals surface area contributed by atoms with Gasteiger partial charge in [0.05, 0.1) is 51.2 Å². The normalized spacial score (nSPS) is 15.2. The Morgan fingerprint density at radius 3 is 1.61 bits per heavy atom. The molecule has 0 aromatic rings. The highest BCUT2D eigenvalue weighted by atomic mass is 31.2. The van der Waals surface area contributed by atoms with Crippen LogP contribution in [0.15, 0.2) is 0 Å². The Labute approximate surface area is 189 Å². The van der Waals surface area contributed by atoms with Gasteiger partial charge in [0, 0.05) is 5.54 Å². The van der Waals surface area contributed by atoms with Gasteiger partial charge in [0.1, 0.15) is 0 Å². The van der Waals surface area contributed by atoms with Crippen LogP contribution in [0.25, 0.3) is 0 Å². The maximum Gasteiger partial charge on any atom is 0.344 e. The van der Waals surface area contributed by atoms with Crippen LogP contribution in [0.2, 0.25) is 0 Å². The Bertz CT molecular complexity index is 558. The molecule has 0 aliphatic carbocycles. The van der Waals surface area contributed by atoms with Crippen LogP contribution in [-0.4, -0.2) is 63.3 Å². The van der Waals surface area contributed by atoms with Gasteiger partial charge in [-0.15, -0.1) is 0 Å². The molecule has 0 saturated carbocycles. The zero-order chi connectivity index (χ0) is 24.0. The lowest BCUT2D eigenvalue weighted by Crippen LogP contribution is -2.47. The van der Waals surface area contributed by atoms with Crippen molar-refractivity contribution in [3.05, 3.63) is 0 Å². The van der Waals surface area contributed by atoms with Crippen LogP contribution in [-0.2, 0) is 32.0 Å². The van der Waals surface area contributed by atoms with Crippen LogP contribution in [0, 0.1) is 0 Å². The lowest BCUT2D eigenvalue weighted by molar-refractivity contribution is -0.0611. The second-order valence-electron chi connectivity index (χ2n) is 8.11. The minimum absolute atomic E-state index is 0.125. The first-order valence-corrected chi connectivity index (χ1v) is 14.7. The number of nitrogens with one attached hydrogen (secondary N) is 2. The molecule has 0 amide bonds. The molecule has 0 aromatic carbocycles. The summed E-state index contributed by atoms with van der Waals surface area (Å²) in [6.45, 7) is 17.7. The Kier molecular flexibility index (Phi) is 15.2. The summed E-state index contributed by atoms with van der Waals surface area (Å²) >= 11 is 0. The second-order valence-corrected chi connectivity index (χ2v) is 12.2. The topological polar surface area (TPSA) is 104 Å². The van der Waals surface area contributed by atoms with Gasteiger partial charge in [-0.05, 0) is 67.9 Å². The van der Waals surface area contributed by atoms with E-state index in [4.69, 9.17) is 22.8 Å². The van der Waals surface area contributed by atoms with Crippen molar-refractivity contribution < 1.29 is 32.0 Å². The molecule has 9 nitrogen and oxygen atoms in total. The monoisotopic (exact) mass is 488 g/mol. The van der Waals surface area contributed by atoms with Crippen LogP contribution in [0.4, 0.5) is 0 Å². The van der Waals surface area contributed by atoms with Crippen molar-refractivity contribution in [2.24, 2.45) is 0 Å². The van der Waals surface area contributed by atoms with Crippen LogP contribution in [0.1, 0.15) is 68.2 Å². The van der Waals surface area contributed by atoms with Crippen molar-refractivity contribution in [1.29, 1.82) is 0 Å². The summed E-state index contributed by atoms with van der Waals surface area (Å²) in [5, 5.41) is 6.43. The van der Waals surface area contributed by atoms with Crippen molar-refractivity contribution in [2.45, 2.75) is 79.4 Å². The Morgan fingerprint density at radius 1 is 0.742 bits per heavy atom. The van der Waals surface area contributed by atoms with E-state index < -0.39 is 20.7 Å². The lowest BCUT2D eigenvalue weighted by Gasteiger charge is -2.35. The van der Waals surface area contributed by atoms with E-state index in [-0.39, 0.29) is 18.2 Å². The van der Waals surface area contributed by atoms with Crippen molar-refractivity contribution in [1.82, 2.24) is 10.6 Å². The molecule has 2 N–H and O–H groups in total. The van der Waals surface area contributed by atoms with Crippen LogP contribution < -0.4 is 10.6 Å². The molecule has 0 aliphatic heterocycles. The molecular weight excluding hydrogens is 442 g/mol. The van der Waals surface area contributed by atoms with Gasteiger partial charge < -0.3 is 28.1 Å². The first kappa shape index (κ1) is 31.2. The fraction of sp³-hybridized carbons (Fsp3) is 1.00. The quantitative estimate of drug-likeness (QED) is 0.182. The number of ether oxygens (including phenoxy) is 1. The smallest absolute Gasteiger partial charge is 0.344 e. The number of rotatable bonds is 20. The highest BCUT2D eigenvalue weighted by Crippen LogP contribution is 2.47. The summed E-state index contributed by atoms with van der Waals surface area (Å²) in [6, 6.07) is 0. The van der Waals surface area contributed by atoms with Gasteiger partial charge in [0.15, 0.2) is 0 Å². The van der Waals surface area contributed by atoms with Gasteiger partial charge >= 0.3 is 15.2 Å². The van der Waals surface area contributed by atoms with Gasteiger partial charge in [-0.1, -0.05) is 6.92 Å². The predicted molar refractivity (Wildman–Crippen MR) is 126 cm³/mol. The predicted octanol–water partition coefficient (Wildman–Crippen LogP) is 4.97. The van der Waals surface area contributed by atoms with Crippen molar-refractivity contribution in [3.8, 4) is 0 Å². The molecule has 31 heavy (non-hydrogen) atoms. The summed E-state index contributed by atoms with van der Waals surface area (Å²) in [6.07, 6.45) is 1.84. The SMILES string of the molecule is CCOP(=O)(CNCCC(C)(CC)OCC(C)(C)NCP(=O)(OCC)OCC)OCC.